The normalized spacial score (nSPS) is 13.9. The van der Waals surface area contributed by atoms with Gasteiger partial charge in [0.15, 0.2) is 0 Å². The van der Waals surface area contributed by atoms with Crippen molar-refractivity contribution in [2.75, 3.05) is 13.2 Å². The summed E-state index contributed by atoms with van der Waals surface area (Å²) in [5.41, 5.74) is 8.08. The van der Waals surface area contributed by atoms with Gasteiger partial charge in [0.2, 0.25) is 0 Å². The van der Waals surface area contributed by atoms with E-state index in [-0.39, 0.29) is 13.2 Å². The molecule has 0 saturated carbocycles. The summed E-state index contributed by atoms with van der Waals surface area (Å²) < 4.78 is 0. The zero-order valence-corrected chi connectivity index (χ0v) is 14.8. The predicted octanol–water partition coefficient (Wildman–Crippen LogP) is 3.59. The van der Waals surface area contributed by atoms with E-state index in [9.17, 15) is 5.11 Å². The van der Waals surface area contributed by atoms with E-state index in [0.29, 0.717) is 12.8 Å². The second-order valence-corrected chi connectivity index (χ2v) is 6.83. The van der Waals surface area contributed by atoms with Crippen LogP contribution < -0.4 is 5.73 Å². The van der Waals surface area contributed by atoms with E-state index in [0.717, 1.165) is 12.8 Å². The highest BCUT2D eigenvalue weighted by atomic mass is 16.3. The summed E-state index contributed by atoms with van der Waals surface area (Å²) in [4.78, 5) is 0. The summed E-state index contributed by atoms with van der Waals surface area (Å²) in [6.07, 6.45) is 11.1. The summed E-state index contributed by atoms with van der Waals surface area (Å²) in [6.45, 7) is 2.19. The van der Waals surface area contributed by atoms with Crippen LogP contribution in [0.4, 0.5) is 0 Å². The minimum absolute atomic E-state index is 0.0221. The Balaban J connectivity index is 2.30. The molecule has 0 aliphatic heterocycles. The van der Waals surface area contributed by atoms with Crippen LogP contribution in [0.25, 0.3) is 0 Å². The number of hydrogen-bond donors (Lipinski definition) is 3. The fourth-order valence-corrected chi connectivity index (χ4v) is 2.88. The average molecular weight is 322 g/mol. The Morgan fingerprint density at radius 3 is 1.96 bits per heavy atom. The molecule has 0 radical (unpaired) electrons. The van der Waals surface area contributed by atoms with Crippen LogP contribution in [0.5, 0.6) is 0 Å². The maximum absolute atomic E-state index is 9.38. The van der Waals surface area contributed by atoms with Crippen LogP contribution in [0.1, 0.15) is 69.4 Å². The summed E-state index contributed by atoms with van der Waals surface area (Å²) in [5, 5.41) is 18.4. The Morgan fingerprint density at radius 1 is 0.826 bits per heavy atom. The second-order valence-electron chi connectivity index (χ2n) is 6.83. The van der Waals surface area contributed by atoms with Crippen molar-refractivity contribution in [2.45, 2.75) is 76.7 Å². The quantitative estimate of drug-likeness (QED) is 0.486. The first kappa shape index (κ1) is 20.1. The molecule has 0 aliphatic carbocycles. The number of hydrogen-bond acceptors (Lipinski definition) is 3. The lowest BCUT2D eigenvalue weighted by Gasteiger charge is -2.26. The van der Waals surface area contributed by atoms with E-state index in [1.165, 1.54) is 49.7 Å². The number of aryl methyl sites for hydroxylation is 2. The van der Waals surface area contributed by atoms with Gasteiger partial charge in [-0.05, 0) is 43.2 Å². The summed E-state index contributed by atoms with van der Waals surface area (Å²) in [6, 6.07) is 8.77. The number of aliphatic hydroxyl groups excluding tert-OH is 2. The molecule has 0 spiro atoms. The molecule has 3 nitrogen and oxygen atoms in total. The molecule has 0 amide bonds. The van der Waals surface area contributed by atoms with Crippen LogP contribution in [-0.2, 0) is 12.8 Å². The SMILES string of the molecule is CCCCCCCCc1ccc(CC[C@@](N)(CO)CCO)cc1. The number of aliphatic hydroxyl groups is 2. The highest BCUT2D eigenvalue weighted by Crippen LogP contribution is 2.17. The number of rotatable bonds is 13. The molecule has 4 N–H and O–H groups in total. The van der Waals surface area contributed by atoms with Gasteiger partial charge in [-0.1, -0.05) is 63.3 Å². The highest BCUT2D eigenvalue weighted by molar-refractivity contribution is 5.23. The first-order valence-corrected chi connectivity index (χ1v) is 9.22. The first-order valence-electron chi connectivity index (χ1n) is 9.22. The van der Waals surface area contributed by atoms with E-state index in [1.54, 1.807) is 0 Å². The molecule has 1 aromatic rings. The van der Waals surface area contributed by atoms with Gasteiger partial charge >= 0.3 is 0 Å². The topological polar surface area (TPSA) is 66.5 Å². The van der Waals surface area contributed by atoms with Crippen molar-refractivity contribution in [3.05, 3.63) is 35.4 Å². The van der Waals surface area contributed by atoms with Crippen molar-refractivity contribution in [1.82, 2.24) is 0 Å². The number of nitrogens with two attached hydrogens (primary N) is 1. The lowest BCUT2D eigenvalue weighted by molar-refractivity contribution is 0.149. The van der Waals surface area contributed by atoms with Gasteiger partial charge < -0.3 is 15.9 Å². The van der Waals surface area contributed by atoms with Crippen molar-refractivity contribution in [2.24, 2.45) is 5.73 Å². The van der Waals surface area contributed by atoms with Gasteiger partial charge in [-0.3, -0.25) is 0 Å². The molecular formula is C20H35NO2. The molecule has 3 heteroatoms. The second kappa shape index (κ2) is 11.6. The minimum atomic E-state index is -0.661. The Bertz CT molecular complexity index is 405. The molecular weight excluding hydrogens is 286 g/mol. The molecule has 0 heterocycles. The van der Waals surface area contributed by atoms with Crippen molar-refractivity contribution in [1.29, 1.82) is 0 Å². The van der Waals surface area contributed by atoms with Crippen molar-refractivity contribution in [3.63, 3.8) is 0 Å². The van der Waals surface area contributed by atoms with E-state index in [2.05, 4.69) is 31.2 Å². The molecule has 1 aromatic carbocycles. The van der Waals surface area contributed by atoms with Gasteiger partial charge in [-0.25, -0.2) is 0 Å². The third-order valence-electron chi connectivity index (χ3n) is 4.68. The van der Waals surface area contributed by atoms with Crippen molar-refractivity contribution >= 4 is 0 Å². The van der Waals surface area contributed by atoms with Crippen LogP contribution in [0.15, 0.2) is 24.3 Å². The zero-order valence-electron chi connectivity index (χ0n) is 14.8. The molecule has 1 rings (SSSR count). The van der Waals surface area contributed by atoms with Gasteiger partial charge in [0, 0.05) is 12.1 Å². The predicted molar refractivity (Wildman–Crippen MR) is 97.6 cm³/mol. The maximum Gasteiger partial charge on any atom is 0.0612 e. The van der Waals surface area contributed by atoms with Crippen LogP contribution in [0.3, 0.4) is 0 Å². The van der Waals surface area contributed by atoms with Crippen LogP contribution in [0, 0.1) is 0 Å². The van der Waals surface area contributed by atoms with Crippen LogP contribution >= 0.6 is 0 Å². The fourth-order valence-electron chi connectivity index (χ4n) is 2.88. The minimum Gasteiger partial charge on any atom is -0.396 e. The molecule has 0 fully saturated rings. The van der Waals surface area contributed by atoms with Gasteiger partial charge in [0.05, 0.1) is 6.61 Å². The first-order chi connectivity index (χ1) is 11.1. The molecule has 23 heavy (non-hydrogen) atoms. The largest absolute Gasteiger partial charge is 0.396 e. The monoisotopic (exact) mass is 321 g/mol. The third kappa shape index (κ3) is 8.50. The lowest BCUT2D eigenvalue weighted by atomic mass is 9.90. The van der Waals surface area contributed by atoms with E-state index in [4.69, 9.17) is 10.8 Å². The third-order valence-corrected chi connectivity index (χ3v) is 4.68. The van der Waals surface area contributed by atoms with Gasteiger partial charge in [0.25, 0.3) is 0 Å². The lowest BCUT2D eigenvalue weighted by Crippen LogP contribution is -2.44. The Kier molecular flexibility index (Phi) is 10.2. The summed E-state index contributed by atoms with van der Waals surface area (Å²) in [7, 11) is 0. The Morgan fingerprint density at radius 2 is 1.39 bits per heavy atom. The number of unbranched alkanes of at least 4 members (excludes halogenated alkanes) is 5. The highest BCUT2D eigenvalue weighted by Gasteiger charge is 2.22. The summed E-state index contributed by atoms with van der Waals surface area (Å²) in [5.74, 6) is 0. The number of benzene rings is 1. The fraction of sp³-hybridized carbons (Fsp3) is 0.700. The molecule has 0 unspecified atom stereocenters. The molecule has 0 aromatic heterocycles. The van der Waals surface area contributed by atoms with Gasteiger partial charge in [0.1, 0.15) is 0 Å². The Hall–Kier alpha value is -0.900. The van der Waals surface area contributed by atoms with Crippen molar-refractivity contribution < 1.29 is 10.2 Å². The van der Waals surface area contributed by atoms with Crippen LogP contribution in [0.2, 0.25) is 0 Å². The molecule has 132 valence electrons. The summed E-state index contributed by atoms with van der Waals surface area (Å²) >= 11 is 0. The molecule has 1 atom stereocenters. The van der Waals surface area contributed by atoms with E-state index in [1.807, 2.05) is 0 Å². The van der Waals surface area contributed by atoms with Crippen molar-refractivity contribution in [3.8, 4) is 0 Å². The standard InChI is InChI=1S/C20H35NO2/c1-2-3-4-5-6-7-8-18-9-11-19(12-10-18)13-14-20(21,17-23)15-16-22/h9-12,22-23H,2-8,13-17,21H2,1H3/t20-/m0/s1. The van der Waals surface area contributed by atoms with Crippen LogP contribution in [-0.4, -0.2) is 29.0 Å². The zero-order chi connectivity index (χ0) is 17.0. The van der Waals surface area contributed by atoms with E-state index < -0.39 is 5.54 Å². The van der Waals surface area contributed by atoms with Gasteiger partial charge in [-0.15, -0.1) is 0 Å². The maximum atomic E-state index is 9.38. The molecule has 0 saturated heterocycles. The van der Waals surface area contributed by atoms with E-state index >= 15 is 0 Å². The average Bonchev–Trinajstić information content (AvgIpc) is 2.57. The smallest absolute Gasteiger partial charge is 0.0612 e. The van der Waals surface area contributed by atoms with Gasteiger partial charge in [-0.2, -0.15) is 0 Å². The molecule has 0 aliphatic rings. The Labute approximate surface area is 141 Å². The molecule has 0 bridgehead atoms.